The van der Waals surface area contributed by atoms with Gasteiger partial charge < -0.3 is 5.11 Å². The Morgan fingerprint density at radius 1 is 1.31 bits per heavy atom. The Hall–Kier alpha value is -1.16. The van der Waals surface area contributed by atoms with Crippen molar-refractivity contribution in [1.29, 1.82) is 0 Å². The molecule has 88 valence electrons. The smallest absolute Gasteiger partial charge is 0.256 e. The summed E-state index contributed by atoms with van der Waals surface area (Å²) < 4.78 is 0. The lowest BCUT2D eigenvalue weighted by atomic mass is 9.84. The molecule has 0 radical (unpaired) electrons. The molecule has 1 aliphatic heterocycles. The zero-order valence-electron chi connectivity index (χ0n) is 9.53. The van der Waals surface area contributed by atoms with Crippen LogP contribution in [0, 0.1) is 0 Å². The first-order valence-electron chi connectivity index (χ1n) is 5.78. The second-order valence-corrected chi connectivity index (χ2v) is 4.84. The summed E-state index contributed by atoms with van der Waals surface area (Å²) in [5.41, 5.74) is -0.397. The molecule has 0 aromatic carbocycles. The maximum Gasteiger partial charge on any atom is 0.256 e. The molecule has 0 aromatic heterocycles. The van der Waals surface area contributed by atoms with E-state index < -0.39 is 5.60 Å². The van der Waals surface area contributed by atoms with Gasteiger partial charge in [-0.05, 0) is 19.8 Å². The van der Waals surface area contributed by atoms with Gasteiger partial charge in [0.25, 0.3) is 11.8 Å². The minimum absolute atomic E-state index is 0.151. The van der Waals surface area contributed by atoms with Crippen LogP contribution in [0.25, 0.3) is 0 Å². The van der Waals surface area contributed by atoms with Gasteiger partial charge in [-0.1, -0.05) is 19.3 Å². The second-order valence-electron chi connectivity index (χ2n) is 4.84. The van der Waals surface area contributed by atoms with Crippen molar-refractivity contribution in [2.45, 2.75) is 44.6 Å². The van der Waals surface area contributed by atoms with Crippen LogP contribution >= 0.6 is 0 Å². The van der Waals surface area contributed by atoms with Crippen molar-refractivity contribution >= 4 is 11.8 Å². The lowest BCUT2D eigenvalue weighted by Gasteiger charge is -2.34. The Kier molecular flexibility index (Phi) is 2.84. The van der Waals surface area contributed by atoms with Gasteiger partial charge in [0, 0.05) is 11.6 Å². The summed E-state index contributed by atoms with van der Waals surface area (Å²) in [7, 11) is 0. The molecule has 2 amide bonds. The number of imide groups is 1. The van der Waals surface area contributed by atoms with Crippen LogP contribution in [0.2, 0.25) is 0 Å². The molecule has 1 aliphatic carbocycles. The van der Waals surface area contributed by atoms with Crippen LogP contribution < -0.4 is 0 Å². The minimum Gasteiger partial charge on any atom is -0.388 e. The first kappa shape index (κ1) is 11.3. The van der Waals surface area contributed by atoms with Gasteiger partial charge in [0.05, 0.1) is 12.1 Å². The predicted molar refractivity (Wildman–Crippen MR) is 58.5 cm³/mol. The monoisotopic (exact) mass is 223 g/mol. The number of aliphatic hydroxyl groups is 1. The number of β-amino-alcohol motifs (C(OH)–C–C–N with tert-alkyl or cyclic N) is 1. The maximum absolute atomic E-state index is 11.7. The summed E-state index contributed by atoms with van der Waals surface area (Å²) in [6.07, 6.45) is 5.78. The van der Waals surface area contributed by atoms with E-state index in [4.69, 9.17) is 0 Å². The first-order chi connectivity index (χ1) is 7.52. The average molecular weight is 223 g/mol. The van der Waals surface area contributed by atoms with Gasteiger partial charge in [0.15, 0.2) is 0 Å². The fourth-order valence-corrected chi connectivity index (χ4v) is 2.45. The molecule has 0 unspecified atom stereocenters. The maximum atomic E-state index is 11.7. The number of hydrogen-bond acceptors (Lipinski definition) is 3. The lowest BCUT2D eigenvalue weighted by Crippen LogP contribution is -2.47. The highest BCUT2D eigenvalue weighted by molar-refractivity contribution is 6.15. The molecule has 0 bridgehead atoms. The Morgan fingerprint density at radius 2 is 1.94 bits per heavy atom. The molecule has 1 saturated carbocycles. The van der Waals surface area contributed by atoms with E-state index in [0.717, 1.165) is 19.3 Å². The number of amides is 2. The Balaban J connectivity index is 2.05. The van der Waals surface area contributed by atoms with E-state index >= 15 is 0 Å². The van der Waals surface area contributed by atoms with Gasteiger partial charge in [-0.15, -0.1) is 0 Å². The third-order valence-corrected chi connectivity index (χ3v) is 3.43. The molecule has 1 heterocycles. The summed E-state index contributed by atoms with van der Waals surface area (Å²) >= 11 is 0. The number of hydrogen-bond donors (Lipinski definition) is 1. The van der Waals surface area contributed by atoms with Gasteiger partial charge in [0.2, 0.25) is 0 Å². The molecule has 16 heavy (non-hydrogen) atoms. The van der Waals surface area contributed by atoms with Crippen LogP contribution in [0.3, 0.4) is 0 Å². The zero-order chi connectivity index (χ0) is 11.8. The quantitative estimate of drug-likeness (QED) is 0.710. The molecule has 0 spiro atoms. The number of nitrogens with zero attached hydrogens (tertiary/aromatic N) is 1. The van der Waals surface area contributed by atoms with E-state index in [1.54, 1.807) is 6.92 Å². The highest BCUT2D eigenvalue weighted by Gasteiger charge is 2.37. The van der Waals surface area contributed by atoms with Crippen molar-refractivity contribution in [3.05, 3.63) is 11.6 Å². The van der Waals surface area contributed by atoms with Gasteiger partial charge in [-0.3, -0.25) is 14.5 Å². The molecular weight excluding hydrogens is 206 g/mol. The van der Waals surface area contributed by atoms with E-state index in [9.17, 15) is 14.7 Å². The highest BCUT2D eigenvalue weighted by atomic mass is 16.3. The van der Waals surface area contributed by atoms with Crippen molar-refractivity contribution in [2.75, 3.05) is 6.54 Å². The zero-order valence-corrected chi connectivity index (χ0v) is 9.53. The van der Waals surface area contributed by atoms with E-state index in [1.165, 1.54) is 11.0 Å². The summed E-state index contributed by atoms with van der Waals surface area (Å²) in [5, 5.41) is 10.3. The molecule has 0 saturated heterocycles. The molecular formula is C12H17NO3. The molecule has 1 N–H and O–H groups in total. The van der Waals surface area contributed by atoms with Crippen molar-refractivity contribution in [2.24, 2.45) is 0 Å². The predicted octanol–water partition coefficient (Wildman–Crippen LogP) is 0.997. The number of carbonyl (C=O) groups excluding carboxylic acids is 2. The third kappa shape index (κ3) is 2.02. The van der Waals surface area contributed by atoms with Crippen molar-refractivity contribution in [3.8, 4) is 0 Å². The second kappa shape index (κ2) is 4.01. The van der Waals surface area contributed by atoms with Crippen LogP contribution in [0.4, 0.5) is 0 Å². The fraction of sp³-hybridized carbons (Fsp3) is 0.667. The molecule has 4 heteroatoms. The van der Waals surface area contributed by atoms with Crippen molar-refractivity contribution < 1.29 is 14.7 Å². The Bertz CT molecular complexity index is 353. The SMILES string of the molecule is CC1=CC(=O)N(CC2(O)CCCCC2)C1=O. The van der Waals surface area contributed by atoms with E-state index in [2.05, 4.69) is 0 Å². The van der Waals surface area contributed by atoms with Gasteiger partial charge >= 0.3 is 0 Å². The van der Waals surface area contributed by atoms with Crippen LogP contribution in [-0.2, 0) is 9.59 Å². The third-order valence-electron chi connectivity index (χ3n) is 3.43. The topological polar surface area (TPSA) is 57.6 Å². The highest BCUT2D eigenvalue weighted by Crippen LogP contribution is 2.30. The van der Waals surface area contributed by atoms with Gasteiger partial charge in [-0.25, -0.2) is 0 Å². The summed E-state index contributed by atoms with van der Waals surface area (Å²) in [4.78, 5) is 24.4. The molecule has 0 atom stereocenters. The van der Waals surface area contributed by atoms with Crippen LogP contribution in [0.5, 0.6) is 0 Å². The van der Waals surface area contributed by atoms with Gasteiger partial charge in [0.1, 0.15) is 0 Å². The normalized spacial score (nSPS) is 24.9. The first-order valence-corrected chi connectivity index (χ1v) is 5.78. The fourth-order valence-electron chi connectivity index (χ4n) is 2.45. The number of rotatable bonds is 2. The van der Waals surface area contributed by atoms with E-state index in [-0.39, 0.29) is 18.4 Å². The summed E-state index contributed by atoms with van der Waals surface area (Å²) in [6, 6.07) is 0. The molecule has 4 nitrogen and oxygen atoms in total. The van der Waals surface area contributed by atoms with Crippen molar-refractivity contribution in [1.82, 2.24) is 4.90 Å². The summed E-state index contributed by atoms with van der Waals surface area (Å²) in [6.45, 7) is 1.78. The van der Waals surface area contributed by atoms with Crippen LogP contribution in [-0.4, -0.2) is 34.0 Å². The van der Waals surface area contributed by atoms with Crippen LogP contribution in [0.15, 0.2) is 11.6 Å². The Morgan fingerprint density at radius 3 is 2.44 bits per heavy atom. The number of carbonyl (C=O) groups is 2. The Labute approximate surface area is 94.9 Å². The summed E-state index contributed by atoms with van der Waals surface area (Å²) in [5.74, 6) is -0.550. The molecule has 0 aromatic rings. The molecule has 2 aliphatic rings. The van der Waals surface area contributed by atoms with Gasteiger partial charge in [-0.2, -0.15) is 0 Å². The van der Waals surface area contributed by atoms with Crippen LogP contribution in [0.1, 0.15) is 39.0 Å². The average Bonchev–Trinajstić information content (AvgIpc) is 2.46. The van der Waals surface area contributed by atoms with E-state index in [1.807, 2.05) is 0 Å². The molecule has 2 rings (SSSR count). The van der Waals surface area contributed by atoms with Crippen molar-refractivity contribution in [3.63, 3.8) is 0 Å². The van der Waals surface area contributed by atoms with E-state index in [0.29, 0.717) is 18.4 Å². The standard InChI is InChI=1S/C12H17NO3/c1-9-7-10(14)13(11(9)15)8-12(16)5-3-2-4-6-12/h7,16H,2-6,8H2,1H3. The minimum atomic E-state index is -0.859. The molecule has 1 fully saturated rings. The lowest BCUT2D eigenvalue weighted by molar-refractivity contribution is -0.142. The largest absolute Gasteiger partial charge is 0.388 e.